The van der Waals surface area contributed by atoms with Crippen LogP contribution >= 0.6 is 0 Å². The van der Waals surface area contributed by atoms with Crippen molar-refractivity contribution < 1.29 is 14.6 Å². The van der Waals surface area contributed by atoms with Crippen molar-refractivity contribution in [1.29, 1.82) is 0 Å². The molecule has 1 rings (SSSR count). The molecular weight excluding hydrogens is 242 g/mol. The standard InChI is InChI=1S/C15H23NO3/c1-10(2)16-15(18)7-8-19-14-6-5-11(3)9-13(14)12(4)17/h5-6,9-10,12,17H,7-8H2,1-4H3,(H,16,18)/t12-/m0/s1. The van der Waals surface area contributed by atoms with Gasteiger partial charge in [-0.3, -0.25) is 4.79 Å². The molecule has 0 heterocycles. The molecule has 1 atom stereocenters. The fourth-order valence-corrected chi connectivity index (χ4v) is 1.77. The molecule has 1 aromatic rings. The minimum atomic E-state index is -0.584. The number of amides is 1. The first-order chi connectivity index (χ1) is 8.90. The van der Waals surface area contributed by atoms with Crippen LogP contribution in [0.25, 0.3) is 0 Å². The van der Waals surface area contributed by atoms with Gasteiger partial charge in [0, 0.05) is 11.6 Å². The summed E-state index contributed by atoms with van der Waals surface area (Å²) in [4.78, 5) is 11.5. The molecular formula is C15H23NO3. The summed E-state index contributed by atoms with van der Waals surface area (Å²) in [6, 6.07) is 5.79. The van der Waals surface area contributed by atoms with Crippen molar-refractivity contribution in [2.24, 2.45) is 0 Å². The van der Waals surface area contributed by atoms with Crippen LogP contribution in [-0.4, -0.2) is 23.7 Å². The van der Waals surface area contributed by atoms with Crippen LogP contribution in [-0.2, 0) is 4.79 Å². The summed E-state index contributed by atoms with van der Waals surface area (Å²) in [5.74, 6) is 0.610. The van der Waals surface area contributed by atoms with E-state index in [9.17, 15) is 9.90 Å². The van der Waals surface area contributed by atoms with Crippen LogP contribution in [0.1, 0.15) is 44.4 Å². The summed E-state index contributed by atoms with van der Waals surface area (Å²) in [5.41, 5.74) is 1.82. The van der Waals surface area contributed by atoms with Crippen LogP contribution in [0.5, 0.6) is 5.75 Å². The Balaban J connectivity index is 2.56. The lowest BCUT2D eigenvalue weighted by atomic mass is 10.1. The van der Waals surface area contributed by atoms with E-state index in [1.165, 1.54) is 0 Å². The van der Waals surface area contributed by atoms with Gasteiger partial charge in [0.2, 0.25) is 5.91 Å². The maximum Gasteiger partial charge on any atom is 0.223 e. The van der Waals surface area contributed by atoms with E-state index in [1.54, 1.807) is 6.92 Å². The van der Waals surface area contributed by atoms with E-state index in [0.717, 1.165) is 11.1 Å². The molecule has 0 saturated heterocycles. The van der Waals surface area contributed by atoms with Gasteiger partial charge in [0.05, 0.1) is 19.1 Å². The van der Waals surface area contributed by atoms with Gasteiger partial charge in [-0.15, -0.1) is 0 Å². The average Bonchev–Trinajstić information content (AvgIpc) is 2.29. The van der Waals surface area contributed by atoms with Gasteiger partial charge in [-0.25, -0.2) is 0 Å². The highest BCUT2D eigenvalue weighted by Gasteiger charge is 2.10. The van der Waals surface area contributed by atoms with Crippen molar-refractivity contribution in [2.75, 3.05) is 6.61 Å². The van der Waals surface area contributed by atoms with E-state index in [0.29, 0.717) is 18.8 Å². The fraction of sp³-hybridized carbons (Fsp3) is 0.533. The first-order valence-electron chi connectivity index (χ1n) is 6.61. The molecule has 0 aliphatic carbocycles. The van der Waals surface area contributed by atoms with Crippen molar-refractivity contribution in [3.8, 4) is 5.75 Å². The van der Waals surface area contributed by atoms with Crippen LogP contribution in [0.3, 0.4) is 0 Å². The second-order valence-electron chi connectivity index (χ2n) is 5.04. The highest BCUT2D eigenvalue weighted by molar-refractivity contribution is 5.76. The zero-order valence-electron chi connectivity index (χ0n) is 12.1. The number of aliphatic hydroxyl groups is 1. The van der Waals surface area contributed by atoms with E-state index in [-0.39, 0.29) is 11.9 Å². The second-order valence-corrected chi connectivity index (χ2v) is 5.04. The van der Waals surface area contributed by atoms with Crippen molar-refractivity contribution in [2.45, 2.75) is 46.3 Å². The Morgan fingerprint density at radius 3 is 2.63 bits per heavy atom. The molecule has 1 amide bonds. The molecule has 4 heteroatoms. The number of rotatable bonds is 6. The third kappa shape index (κ3) is 5.30. The number of hydrogen-bond donors (Lipinski definition) is 2. The zero-order chi connectivity index (χ0) is 14.4. The second kappa shape index (κ2) is 7.14. The molecule has 0 saturated carbocycles. The number of benzene rings is 1. The summed E-state index contributed by atoms with van der Waals surface area (Å²) in [7, 11) is 0. The summed E-state index contributed by atoms with van der Waals surface area (Å²) < 4.78 is 5.58. The highest BCUT2D eigenvalue weighted by Crippen LogP contribution is 2.26. The van der Waals surface area contributed by atoms with Gasteiger partial charge in [0.15, 0.2) is 0 Å². The normalized spacial score (nSPS) is 12.3. The van der Waals surface area contributed by atoms with Gasteiger partial charge < -0.3 is 15.2 Å². The number of nitrogens with one attached hydrogen (secondary N) is 1. The third-order valence-electron chi connectivity index (χ3n) is 2.65. The molecule has 19 heavy (non-hydrogen) atoms. The Hall–Kier alpha value is -1.55. The molecule has 1 aromatic carbocycles. The maximum absolute atomic E-state index is 11.5. The van der Waals surface area contributed by atoms with Gasteiger partial charge in [0.25, 0.3) is 0 Å². The Bertz CT molecular complexity index is 427. The molecule has 2 N–H and O–H groups in total. The molecule has 0 aromatic heterocycles. The summed E-state index contributed by atoms with van der Waals surface area (Å²) in [6.07, 6.45) is -0.273. The fourth-order valence-electron chi connectivity index (χ4n) is 1.77. The summed E-state index contributed by atoms with van der Waals surface area (Å²) in [5, 5.41) is 12.5. The van der Waals surface area contributed by atoms with E-state index in [1.807, 2.05) is 39.0 Å². The van der Waals surface area contributed by atoms with E-state index in [4.69, 9.17) is 4.74 Å². The SMILES string of the molecule is Cc1ccc(OCCC(=O)NC(C)C)c([C@H](C)O)c1. The summed E-state index contributed by atoms with van der Waals surface area (Å²) >= 11 is 0. The van der Waals surface area contributed by atoms with Crippen LogP contribution in [0.4, 0.5) is 0 Å². The topological polar surface area (TPSA) is 58.6 Å². The lowest BCUT2D eigenvalue weighted by Gasteiger charge is -2.14. The Morgan fingerprint density at radius 2 is 2.05 bits per heavy atom. The lowest BCUT2D eigenvalue weighted by molar-refractivity contribution is -0.122. The van der Waals surface area contributed by atoms with Crippen LogP contribution in [0.15, 0.2) is 18.2 Å². The first-order valence-corrected chi connectivity index (χ1v) is 6.61. The van der Waals surface area contributed by atoms with Crippen LogP contribution in [0, 0.1) is 6.92 Å². The molecule has 0 aliphatic rings. The van der Waals surface area contributed by atoms with Gasteiger partial charge in [0.1, 0.15) is 5.75 Å². The number of aryl methyl sites for hydroxylation is 1. The van der Waals surface area contributed by atoms with E-state index < -0.39 is 6.10 Å². The molecule has 0 bridgehead atoms. The Labute approximate surface area is 114 Å². The van der Waals surface area contributed by atoms with Crippen molar-refractivity contribution >= 4 is 5.91 Å². The average molecular weight is 265 g/mol. The van der Waals surface area contributed by atoms with Crippen LogP contribution < -0.4 is 10.1 Å². The molecule has 0 spiro atoms. The maximum atomic E-state index is 11.5. The van der Waals surface area contributed by atoms with Gasteiger partial charge >= 0.3 is 0 Å². The van der Waals surface area contributed by atoms with Gasteiger partial charge in [-0.05, 0) is 39.8 Å². The Morgan fingerprint density at radius 1 is 1.37 bits per heavy atom. The number of aliphatic hydroxyl groups excluding tert-OH is 1. The van der Waals surface area contributed by atoms with E-state index in [2.05, 4.69) is 5.32 Å². The Kier molecular flexibility index (Phi) is 5.83. The molecule has 0 radical (unpaired) electrons. The van der Waals surface area contributed by atoms with Gasteiger partial charge in [-0.2, -0.15) is 0 Å². The van der Waals surface area contributed by atoms with Crippen molar-refractivity contribution in [1.82, 2.24) is 5.32 Å². The summed E-state index contributed by atoms with van der Waals surface area (Å²) in [6.45, 7) is 7.81. The van der Waals surface area contributed by atoms with Crippen molar-refractivity contribution in [3.63, 3.8) is 0 Å². The number of carbonyl (C=O) groups excluding carboxylic acids is 1. The first kappa shape index (κ1) is 15.5. The smallest absolute Gasteiger partial charge is 0.223 e. The number of carbonyl (C=O) groups is 1. The molecule has 4 nitrogen and oxygen atoms in total. The molecule has 0 aliphatic heterocycles. The number of hydrogen-bond acceptors (Lipinski definition) is 3. The predicted octanol–water partition coefficient (Wildman–Crippen LogP) is 2.34. The minimum absolute atomic E-state index is 0.0271. The monoisotopic (exact) mass is 265 g/mol. The highest BCUT2D eigenvalue weighted by atomic mass is 16.5. The lowest BCUT2D eigenvalue weighted by Crippen LogP contribution is -2.31. The van der Waals surface area contributed by atoms with Gasteiger partial charge in [-0.1, -0.05) is 11.6 Å². The molecule has 0 unspecified atom stereocenters. The van der Waals surface area contributed by atoms with Crippen LogP contribution in [0.2, 0.25) is 0 Å². The zero-order valence-corrected chi connectivity index (χ0v) is 12.1. The van der Waals surface area contributed by atoms with Crippen molar-refractivity contribution in [3.05, 3.63) is 29.3 Å². The molecule has 0 fully saturated rings. The van der Waals surface area contributed by atoms with E-state index >= 15 is 0 Å². The third-order valence-corrected chi connectivity index (χ3v) is 2.65. The number of ether oxygens (including phenoxy) is 1. The predicted molar refractivity (Wildman–Crippen MR) is 75.2 cm³/mol. The largest absolute Gasteiger partial charge is 0.493 e. The molecule has 106 valence electrons. The quantitative estimate of drug-likeness (QED) is 0.830. The minimum Gasteiger partial charge on any atom is -0.493 e.